The predicted octanol–water partition coefficient (Wildman–Crippen LogP) is 2.45. The SMILES string of the molecule is COc1ccc(CNc2nc(-c3ccncc3)cc(=O)[nH]2)cc1. The van der Waals surface area contributed by atoms with Crippen molar-refractivity contribution in [1.82, 2.24) is 15.0 Å². The zero-order chi connectivity index (χ0) is 16.1. The van der Waals surface area contributed by atoms with Crippen LogP contribution < -0.4 is 15.6 Å². The van der Waals surface area contributed by atoms with Crippen molar-refractivity contribution in [3.8, 4) is 17.0 Å². The molecular formula is C17H16N4O2. The van der Waals surface area contributed by atoms with E-state index in [1.54, 1.807) is 19.5 Å². The van der Waals surface area contributed by atoms with Crippen LogP contribution in [0.2, 0.25) is 0 Å². The third-order valence-corrected chi connectivity index (χ3v) is 3.34. The summed E-state index contributed by atoms with van der Waals surface area (Å²) in [5.74, 6) is 1.24. The van der Waals surface area contributed by atoms with E-state index in [1.165, 1.54) is 6.07 Å². The van der Waals surface area contributed by atoms with E-state index in [4.69, 9.17) is 4.74 Å². The Bertz CT molecular complexity index is 829. The van der Waals surface area contributed by atoms with Gasteiger partial charge in [-0.1, -0.05) is 12.1 Å². The molecule has 0 aliphatic carbocycles. The van der Waals surface area contributed by atoms with Crippen molar-refractivity contribution in [1.29, 1.82) is 0 Å². The van der Waals surface area contributed by atoms with Crippen molar-refractivity contribution in [2.24, 2.45) is 0 Å². The van der Waals surface area contributed by atoms with Gasteiger partial charge >= 0.3 is 0 Å². The van der Waals surface area contributed by atoms with Crippen molar-refractivity contribution in [2.75, 3.05) is 12.4 Å². The third-order valence-electron chi connectivity index (χ3n) is 3.34. The molecule has 0 spiro atoms. The number of methoxy groups -OCH3 is 1. The fraction of sp³-hybridized carbons (Fsp3) is 0.118. The van der Waals surface area contributed by atoms with Crippen LogP contribution in [0.4, 0.5) is 5.95 Å². The van der Waals surface area contributed by atoms with Crippen molar-refractivity contribution >= 4 is 5.95 Å². The molecule has 0 saturated heterocycles. The van der Waals surface area contributed by atoms with E-state index in [2.05, 4.69) is 20.3 Å². The highest BCUT2D eigenvalue weighted by molar-refractivity contribution is 5.59. The topological polar surface area (TPSA) is 79.9 Å². The maximum atomic E-state index is 11.8. The van der Waals surface area contributed by atoms with Gasteiger partial charge in [0, 0.05) is 30.6 Å². The predicted molar refractivity (Wildman–Crippen MR) is 88.4 cm³/mol. The molecular weight excluding hydrogens is 292 g/mol. The quantitative estimate of drug-likeness (QED) is 0.757. The maximum absolute atomic E-state index is 11.8. The number of hydrogen-bond acceptors (Lipinski definition) is 5. The highest BCUT2D eigenvalue weighted by Gasteiger charge is 2.04. The molecule has 0 aliphatic rings. The number of nitrogens with zero attached hydrogens (tertiary/aromatic N) is 2. The zero-order valence-corrected chi connectivity index (χ0v) is 12.6. The molecule has 116 valence electrons. The van der Waals surface area contributed by atoms with Crippen molar-refractivity contribution in [3.63, 3.8) is 0 Å². The summed E-state index contributed by atoms with van der Waals surface area (Å²) in [6.07, 6.45) is 3.34. The molecule has 0 amide bonds. The summed E-state index contributed by atoms with van der Waals surface area (Å²) >= 11 is 0. The molecule has 1 aromatic carbocycles. The Balaban J connectivity index is 1.77. The minimum absolute atomic E-state index is 0.205. The van der Waals surface area contributed by atoms with E-state index in [0.717, 1.165) is 16.9 Å². The normalized spacial score (nSPS) is 10.3. The van der Waals surface area contributed by atoms with Crippen LogP contribution in [0, 0.1) is 0 Å². The largest absolute Gasteiger partial charge is 0.497 e. The lowest BCUT2D eigenvalue weighted by Gasteiger charge is -2.08. The first-order chi connectivity index (χ1) is 11.2. The number of hydrogen-bond donors (Lipinski definition) is 2. The van der Waals surface area contributed by atoms with Crippen molar-refractivity contribution in [2.45, 2.75) is 6.54 Å². The van der Waals surface area contributed by atoms with E-state index in [1.807, 2.05) is 36.4 Å². The molecule has 0 saturated carbocycles. The maximum Gasteiger partial charge on any atom is 0.252 e. The Labute approximate surface area is 133 Å². The average Bonchev–Trinajstić information content (AvgIpc) is 2.61. The average molecular weight is 308 g/mol. The Hall–Kier alpha value is -3.15. The molecule has 0 fully saturated rings. The van der Waals surface area contributed by atoms with Gasteiger partial charge in [-0.15, -0.1) is 0 Å². The van der Waals surface area contributed by atoms with Crippen LogP contribution in [0.15, 0.2) is 59.7 Å². The summed E-state index contributed by atoms with van der Waals surface area (Å²) < 4.78 is 5.13. The van der Waals surface area contributed by atoms with Crippen molar-refractivity contribution < 1.29 is 4.74 Å². The molecule has 23 heavy (non-hydrogen) atoms. The van der Waals surface area contributed by atoms with E-state index >= 15 is 0 Å². The second kappa shape index (κ2) is 6.74. The van der Waals surface area contributed by atoms with Gasteiger partial charge < -0.3 is 10.1 Å². The lowest BCUT2D eigenvalue weighted by molar-refractivity contribution is 0.414. The molecule has 2 aromatic heterocycles. The Morgan fingerprint density at radius 1 is 1.13 bits per heavy atom. The van der Waals surface area contributed by atoms with Crippen LogP contribution in [-0.4, -0.2) is 22.1 Å². The van der Waals surface area contributed by atoms with Gasteiger partial charge in [0.05, 0.1) is 12.8 Å². The fourth-order valence-corrected chi connectivity index (χ4v) is 2.14. The highest BCUT2D eigenvalue weighted by atomic mass is 16.5. The molecule has 2 N–H and O–H groups in total. The number of anilines is 1. The molecule has 3 rings (SSSR count). The number of aromatic amines is 1. The zero-order valence-electron chi connectivity index (χ0n) is 12.6. The van der Waals surface area contributed by atoms with Gasteiger partial charge in [-0.05, 0) is 29.8 Å². The summed E-state index contributed by atoms with van der Waals surface area (Å²) in [5.41, 5.74) is 2.30. The molecule has 2 heterocycles. The molecule has 0 unspecified atom stereocenters. The van der Waals surface area contributed by atoms with Gasteiger partial charge in [0.25, 0.3) is 5.56 Å². The Kier molecular flexibility index (Phi) is 4.33. The Morgan fingerprint density at radius 3 is 2.57 bits per heavy atom. The van der Waals surface area contributed by atoms with E-state index in [0.29, 0.717) is 18.2 Å². The standard InChI is InChI=1S/C17H16N4O2/c1-23-14-4-2-12(3-5-14)11-19-17-20-15(10-16(22)21-17)13-6-8-18-9-7-13/h2-10H,11H2,1H3,(H2,19,20,21,22). The minimum Gasteiger partial charge on any atom is -0.497 e. The Morgan fingerprint density at radius 2 is 1.87 bits per heavy atom. The van der Waals surface area contributed by atoms with Crippen molar-refractivity contribution in [3.05, 3.63) is 70.8 Å². The number of pyridine rings is 1. The van der Waals surface area contributed by atoms with Crippen LogP contribution in [0.25, 0.3) is 11.3 Å². The number of aromatic nitrogens is 3. The van der Waals surface area contributed by atoms with Crippen LogP contribution in [0.5, 0.6) is 5.75 Å². The molecule has 0 aliphatic heterocycles. The summed E-state index contributed by atoms with van der Waals surface area (Å²) in [4.78, 5) is 22.9. The fourth-order valence-electron chi connectivity index (χ4n) is 2.14. The van der Waals surface area contributed by atoms with Crippen LogP contribution >= 0.6 is 0 Å². The molecule has 3 aromatic rings. The first-order valence-corrected chi connectivity index (χ1v) is 7.13. The molecule has 0 radical (unpaired) electrons. The van der Waals surface area contributed by atoms with Gasteiger partial charge in [0.15, 0.2) is 0 Å². The first kappa shape index (κ1) is 14.8. The number of nitrogens with one attached hydrogen (secondary N) is 2. The lowest BCUT2D eigenvalue weighted by atomic mass is 10.2. The van der Waals surface area contributed by atoms with Gasteiger partial charge in [0.1, 0.15) is 5.75 Å². The number of ether oxygens (including phenoxy) is 1. The first-order valence-electron chi connectivity index (χ1n) is 7.13. The molecule has 6 nitrogen and oxygen atoms in total. The summed E-state index contributed by atoms with van der Waals surface area (Å²) in [6, 6.07) is 12.8. The highest BCUT2D eigenvalue weighted by Crippen LogP contribution is 2.15. The monoisotopic (exact) mass is 308 g/mol. The third kappa shape index (κ3) is 3.74. The second-order valence-electron chi connectivity index (χ2n) is 4.92. The number of benzene rings is 1. The number of H-pyrrole nitrogens is 1. The van der Waals surface area contributed by atoms with E-state index in [-0.39, 0.29) is 5.56 Å². The van der Waals surface area contributed by atoms with Gasteiger partial charge in [-0.25, -0.2) is 4.98 Å². The van der Waals surface area contributed by atoms with Crippen LogP contribution in [0.1, 0.15) is 5.56 Å². The molecule has 0 bridgehead atoms. The summed E-state index contributed by atoms with van der Waals surface area (Å²) in [6.45, 7) is 0.548. The van der Waals surface area contributed by atoms with Gasteiger partial charge in [-0.2, -0.15) is 0 Å². The van der Waals surface area contributed by atoms with E-state index < -0.39 is 0 Å². The van der Waals surface area contributed by atoms with Gasteiger partial charge in [0.2, 0.25) is 5.95 Å². The molecule has 0 atom stereocenters. The minimum atomic E-state index is -0.205. The van der Waals surface area contributed by atoms with Crippen LogP contribution in [-0.2, 0) is 6.54 Å². The van der Waals surface area contributed by atoms with E-state index in [9.17, 15) is 4.79 Å². The summed E-state index contributed by atoms with van der Waals surface area (Å²) in [7, 11) is 1.63. The van der Waals surface area contributed by atoms with Gasteiger partial charge in [-0.3, -0.25) is 14.8 Å². The lowest BCUT2D eigenvalue weighted by Crippen LogP contribution is -2.12. The van der Waals surface area contributed by atoms with Crippen LogP contribution in [0.3, 0.4) is 0 Å². The molecule has 6 heteroatoms. The second-order valence-corrected chi connectivity index (χ2v) is 4.92. The number of rotatable bonds is 5. The summed E-state index contributed by atoms with van der Waals surface area (Å²) in [5, 5.41) is 3.13. The smallest absolute Gasteiger partial charge is 0.252 e.